The molecule has 0 unspecified atom stereocenters. The number of phenolic OH excluding ortho intramolecular Hbond substituents is 1. The lowest BCUT2D eigenvalue weighted by molar-refractivity contribution is 0.304. The molecule has 0 fully saturated rings. The number of hydrogen-bond donors (Lipinski definition) is 3. The van der Waals surface area contributed by atoms with Crippen LogP contribution in [0, 0.1) is 0 Å². The maximum atomic E-state index is 9.58. The quantitative estimate of drug-likeness (QED) is 0.738. The Labute approximate surface area is 116 Å². The second-order valence-electron chi connectivity index (χ2n) is 4.01. The maximum Gasteiger partial charge on any atom is 0.492 e. The van der Waals surface area contributed by atoms with Crippen LogP contribution >= 0.6 is 11.6 Å². The van der Waals surface area contributed by atoms with Crippen molar-refractivity contribution in [3.8, 4) is 11.5 Å². The first-order chi connectivity index (χ1) is 9.06. The SMILES string of the molecule is OB(O)c1ccc(OCc2ccc(Cl)cc2)cc1O. The summed E-state index contributed by atoms with van der Waals surface area (Å²) < 4.78 is 5.48. The Morgan fingerprint density at radius 3 is 2.32 bits per heavy atom. The monoisotopic (exact) mass is 278 g/mol. The zero-order valence-corrected chi connectivity index (χ0v) is 10.7. The summed E-state index contributed by atoms with van der Waals surface area (Å²) >= 11 is 5.78. The van der Waals surface area contributed by atoms with E-state index in [-0.39, 0.29) is 11.2 Å². The first-order valence-electron chi connectivity index (χ1n) is 5.62. The Hall–Kier alpha value is -1.69. The number of aromatic hydroxyl groups is 1. The second kappa shape index (κ2) is 5.97. The molecule has 0 radical (unpaired) electrons. The molecule has 19 heavy (non-hydrogen) atoms. The first-order valence-corrected chi connectivity index (χ1v) is 6.00. The summed E-state index contributed by atoms with van der Waals surface area (Å²) in [5, 5.41) is 28.2. The molecule has 0 atom stereocenters. The van der Waals surface area contributed by atoms with Gasteiger partial charge in [0.2, 0.25) is 0 Å². The minimum atomic E-state index is -1.70. The van der Waals surface area contributed by atoms with Crippen molar-refractivity contribution in [2.75, 3.05) is 0 Å². The summed E-state index contributed by atoms with van der Waals surface area (Å²) in [5.41, 5.74) is 0.981. The molecule has 0 aromatic heterocycles. The molecule has 2 aromatic carbocycles. The van der Waals surface area contributed by atoms with Gasteiger partial charge in [0.05, 0.1) is 0 Å². The van der Waals surface area contributed by atoms with Crippen LogP contribution in [0.5, 0.6) is 11.5 Å². The molecule has 6 heteroatoms. The third-order valence-electron chi connectivity index (χ3n) is 2.60. The van der Waals surface area contributed by atoms with Crippen LogP contribution in [0.2, 0.25) is 5.02 Å². The fourth-order valence-electron chi connectivity index (χ4n) is 1.58. The third-order valence-corrected chi connectivity index (χ3v) is 2.85. The highest BCUT2D eigenvalue weighted by atomic mass is 35.5. The summed E-state index contributed by atoms with van der Waals surface area (Å²) in [6.07, 6.45) is 0. The van der Waals surface area contributed by atoms with E-state index in [1.807, 2.05) is 12.1 Å². The minimum Gasteiger partial charge on any atom is -0.508 e. The Bertz CT molecular complexity index is 557. The molecular formula is C13H12BClO4. The lowest BCUT2D eigenvalue weighted by Gasteiger charge is -2.09. The molecule has 0 spiro atoms. The van der Waals surface area contributed by atoms with Crippen LogP contribution in [-0.2, 0) is 6.61 Å². The topological polar surface area (TPSA) is 69.9 Å². The van der Waals surface area contributed by atoms with Gasteiger partial charge in [-0.1, -0.05) is 29.8 Å². The number of ether oxygens (including phenoxy) is 1. The van der Waals surface area contributed by atoms with Gasteiger partial charge in [-0.25, -0.2) is 0 Å². The molecule has 3 N–H and O–H groups in total. The van der Waals surface area contributed by atoms with Crippen molar-refractivity contribution >= 4 is 24.2 Å². The Morgan fingerprint density at radius 2 is 1.74 bits per heavy atom. The molecule has 0 aliphatic carbocycles. The number of hydrogen-bond acceptors (Lipinski definition) is 4. The molecule has 0 heterocycles. The van der Waals surface area contributed by atoms with Crippen LogP contribution in [0.25, 0.3) is 0 Å². The van der Waals surface area contributed by atoms with E-state index >= 15 is 0 Å². The Morgan fingerprint density at radius 1 is 1.05 bits per heavy atom. The van der Waals surface area contributed by atoms with Crippen LogP contribution in [0.15, 0.2) is 42.5 Å². The average Bonchev–Trinajstić information content (AvgIpc) is 2.37. The zero-order chi connectivity index (χ0) is 13.8. The smallest absolute Gasteiger partial charge is 0.492 e. The maximum absolute atomic E-state index is 9.58. The van der Waals surface area contributed by atoms with Crippen molar-refractivity contribution in [1.82, 2.24) is 0 Å². The molecule has 98 valence electrons. The Balaban J connectivity index is 2.04. The molecule has 0 saturated heterocycles. The number of rotatable bonds is 4. The molecule has 0 amide bonds. The van der Waals surface area contributed by atoms with Crippen molar-refractivity contribution in [1.29, 1.82) is 0 Å². The molecule has 4 nitrogen and oxygen atoms in total. The van der Waals surface area contributed by atoms with Crippen molar-refractivity contribution < 1.29 is 19.9 Å². The highest BCUT2D eigenvalue weighted by molar-refractivity contribution is 6.59. The van der Waals surface area contributed by atoms with Crippen molar-refractivity contribution in [2.45, 2.75) is 6.61 Å². The number of phenols is 1. The minimum absolute atomic E-state index is 0.0406. The van der Waals surface area contributed by atoms with Gasteiger partial charge in [-0.15, -0.1) is 0 Å². The summed E-state index contributed by atoms with van der Waals surface area (Å²) in [5.74, 6) is 0.223. The summed E-state index contributed by atoms with van der Waals surface area (Å²) in [6.45, 7) is 0.331. The fraction of sp³-hybridized carbons (Fsp3) is 0.0769. The largest absolute Gasteiger partial charge is 0.508 e. The molecular weight excluding hydrogens is 266 g/mol. The van der Waals surface area contributed by atoms with Gasteiger partial charge in [0, 0.05) is 16.6 Å². The molecule has 0 aliphatic rings. The lowest BCUT2D eigenvalue weighted by atomic mass is 9.79. The fourth-order valence-corrected chi connectivity index (χ4v) is 1.70. The highest BCUT2D eigenvalue weighted by Gasteiger charge is 2.16. The standard InChI is InChI=1S/C13H12BClO4/c15-10-3-1-9(2-4-10)8-19-11-5-6-12(14(17)18)13(16)7-11/h1-7,16-18H,8H2. The van der Waals surface area contributed by atoms with E-state index in [4.69, 9.17) is 26.4 Å². The van der Waals surface area contributed by atoms with E-state index in [0.717, 1.165) is 5.56 Å². The number of benzene rings is 2. The predicted molar refractivity (Wildman–Crippen MR) is 73.7 cm³/mol. The van der Waals surface area contributed by atoms with Gasteiger partial charge < -0.3 is 19.9 Å². The van der Waals surface area contributed by atoms with Gasteiger partial charge in [-0.05, 0) is 23.8 Å². The van der Waals surface area contributed by atoms with E-state index in [0.29, 0.717) is 17.4 Å². The van der Waals surface area contributed by atoms with E-state index in [1.165, 1.54) is 12.1 Å². The number of halogens is 1. The molecule has 0 bridgehead atoms. The van der Waals surface area contributed by atoms with Gasteiger partial charge in [0.15, 0.2) is 0 Å². The van der Waals surface area contributed by atoms with E-state index < -0.39 is 7.12 Å². The predicted octanol–water partition coefficient (Wildman–Crippen LogP) is 1.30. The van der Waals surface area contributed by atoms with Gasteiger partial charge in [-0.2, -0.15) is 0 Å². The van der Waals surface area contributed by atoms with Crippen LogP contribution < -0.4 is 10.2 Å². The first kappa shape index (κ1) is 13.7. The zero-order valence-electron chi connectivity index (χ0n) is 9.95. The third kappa shape index (κ3) is 3.64. The van der Waals surface area contributed by atoms with Gasteiger partial charge in [0.25, 0.3) is 0 Å². The average molecular weight is 278 g/mol. The van der Waals surface area contributed by atoms with Crippen LogP contribution in [0.1, 0.15) is 5.56 Å². The molecule has 2 rings (SSSR count). The molecule has 2 aromatic rings. The van der Waals surface area contributed by atoms with E-state index in [9.17, 15) is 5.11 Å². The van der Waals surface area contributed by atoms with Crippen LogP contribution in [-0.4, -0.2) is 22.3 Å². The van der Waals surface area contributed by atoms with Crippen LogP contribution in [0.4, 0.5) is 0 Å². The molecule has 0 aliphatic heterocycles. The van der Waals surface area contributed by atoms with Crippen LogP contribution in [0.3, 0.4) is 0 Å². The second-order valence-corrected chi connectivity index (χ2v) is 4.45. The van der Waals surface area contributed by atoms with E-state index in [1.54, 1.807) is 18.2 Å². The van der Waals surface area contributed by atoms with Gasteiger partial charge in [0.1, 0.15) is 18.1 Å². The normalized spacial score (nSPS) is 10.3. The van der Waals surface area contributed by atoms with Gasteiger partial charge >= 0.3 is 7.12 Å². The summed E-state index contributed by atoms with van der Waals surface area (Å²) in [7, 11) is -1.70. The summed E-state index contributed by atoms with van der Waals surface area (Å²) in [6, 6.07) is 11.5. The van der Waals surface area contributed by atoms with Crippen molar-refractivity contribution in [3.63, 3.8) is 0 Å². The lowest BCUT2D eigenvalue weighted by Crippen LogP contribution is -2.29. The van der Waals surface area contributed by atoms with Gasteiger partial charge in [-0.3, -0.25) is 0 Å². The summed E-state index contributed by atoms with van der Waals surface area (Å²) in [4.78, 5) is 0. The van der Waals surface area contributed by atoms with Crippen molar-refractivity contribution in [3.05, 3.63) is 53.1 Å². The highest BCUT2D eigenvalue weighted by Crippen LogP contribution is 2.18. The van der Waals surface area contributed by atoms with Crippen molar-refractivity contribution in [2.24, 2.45) is 0 Å². The molecule has 0 saturated carbocycles. The Kier molecular flexibility index (Phi) is 4.32. The van der Waals surface area contributed by atoms with E-state index in [2.05, 4.69) is 0 Å².